The van der Waals surface area contributed by atoms with Crippen molar-refractivity contribution in [3.8, 4) is 0 Å². The lowest BCUT2D eigenvalue weighted by atomic mass is 10.1. The Bertz CT molecular complexity index is 649. The number of amides is 3. The van der Waals surface area contributed by atoms with E-state index in [9.17, 15) is 14.4 Å². The molecule has 2 aliphatic heterocycles. The van der Waals surface area contributed by atoms with Crippen molar-refractivity contribution < 1.29 is 14.4 Å². The van der Waals surface area contributed by atoms with Crippen molar-refractivity contribution >= 4 is 17.7 Å². The highest BCUT2D eigenvalue weighted by atomic mass is 16.2. The molecular formula is C18H24N4O3. The van der Waals surface area contributed by atoms with Crippen molar-refractivity contribution in [3.63, 3.8) is 0 Å². The highest BCUT2D eigenvalue weighted by Gasteiger charge is 2.37. The molecule has 1 unspecified atom stereocenters. The number of nitrogens with zero attached hydrogens (tertiary/aromatic N) is 4. The largest absolute Gasteiger partial charge is 0.341 e. The van der Waals surface area contributed by atoms with Crippen LogP contribution in [0.5, 0.6) is 0 Å². The number of aromatic nitrogens is 1. The number of carbonyl (C=O) groups excluding carboxylic acids is 3. The lowest BCUT2D eigenvalue weighted by Gasteiger charge is -2.24. The lowest BCUT2D eigenvalue weighted by molar-refractivity contribution is -0.136. The topological polar surface area (TPSA) is 73.8 Å². The van der Waals surface area contributed by atoms with Gasteiger partial charge < -0.3 is 14.7 Å². The third-order valence-corrected chi connectivity index (χ3v) is 4.90. The highest BCUT2D eigenvalue weighted by molar-refractivity contribution is 5.89. The molecule has 0 radical (unpaired) electrons. The number of hydrogen-bond acceptors (Lipinski definition) is 4. The van der Waals surface area contributed by atoms with E-state index in [-0.39, 0.29) is 30.1 Å². The molecule has 0 spiro atoms. The number of carbonyl (C=O) groups is 3. The monoisotopic (exact) mass is 344 g/mol. The van der Waals surface area contributed by atoms with Gasteiger partial charge in [0, 0.05) is 52.3 Å². The third kappa shape index (κ3) is 4.15. The molecule has 2 aliphatic rings. The summed E-state index contributed by atoms with van der Waals surface area (Å²) in [7, 11) is 0. The van der Waals surface area contributed by atoms with Crippen LogP contribution < -0.4 is 0 Å². The minimum atomic E-state index is -0.292. The summed E-state index contributed by atoms with van der Waals surface area (Å²) < 4.78 is 0. The molecule has 3 rings (SSSR count). The van der Waals surface area contributed by atoms with Gasteiger partial charge in [-0.1, -0.05) is 6.07 Å². The van der Waals surface area contributed by atoms with Crippen LogP contribution in [0.2, 0.25) is 0 Å². The molecule has 7 nitrogen and oxygen atoms in total. The van der Waals surface area contributed by atoms with Crippen LogP contribution in [0, 0.1) is 5.92 Å². The Morgan fingerprint density at radius 3 is 2.64 bits per heavy atom. The molecule has 3 amide bonds. The van der Waals surface area contributed by atoms with Gasteiger partial charge in [0.25, 0.3) is 0 Å². The van der Waals surface area contributed by atoms with Gasteiger partial charge >= 0.3 is 0 Å². The van der Waals surface area contributed by atoms with Gasteiger partial charge in [0.15, 0.2) is 0 Å². The highest BCUT2D eigenvalue weighted by Crippen LogP contribution is 2.22. The van der Waals surface area contributed by atoms with E-state index >= 15 is 0 Å². The zero-order chi connectivity index (χ0) is 17.8. The summed E-state index contributed by atoms with van der Waals surface area (Å²) in [4.78, 5) is 46.1. The summed E-state index contributed by atoms with van der Waals surface area (Å²) in [5.41, 5.74) is 0.829. The van der Waals surface area contributed by atoms with Gasteiger partial charge in [-0.15, -0.1) is 0 Å². The first-order valence-corrected chi connectivity index (χ1v) is 8.76. The van der Waals surface area contributed by atoms with Crippen molar-refractivity contribution in [3.05, 3.63) is 30.1 Å². The maximum absolute atomic E-state index is 12.8. The first kappa shape index (κ1) is 17.4. The van der Waals surface area contributed by atoms with E-state index in [4.69, 9.17) is 0 Å². The van der Waals surface area contributed by atoms with Crippen LogP contribution in [0.15, 0.2) is 24.4 Å². The van der Waals surface area contributed by atoms with Gasteiger partial charge in [0.2, 0.25) is 17.7 Å². The Balaban J connectivity index is 1.58. The molecule has 0 aromatic carbocycles. The standard InChI is InChI=1S/C18H24N4O3/c1-14(23)20-7-4-8-21(10-9-20)18(25)15-11-17(24)22(12-15)13-16-5-2-3-6-19-16/h2-3,5-6,15H,4,7-13H2,1H3. The summed E-state index contributed by atoms with van der Waals surface area (Å²) >= 11 is 0. The molecule has 0 saturated carbocycles. The van der Waals surface area contributed by atoms with Gasteiger partial charge in [0.05, 0.1) is 18.2 Å². The summed E-state index contributed by atoms with van der Waals surface area (Å²) in [5.74, 6) is -0.210. The maximum atomic E-state index is 12.8. The fourth-order valence-corrected chi connectivity index (χ4v) is 3.49. The molecule has 0 bridgehead atoms. The second kappa shape index (κ2) is 7.63. The molecule has 134 valence electrons. The Morgan fingerprint density at radius 2 is 1.92 bits per heavy atom. The van der Waals surface area contributed by atoms with Gasteiger partial charge in [-0.3, -0.25) is 19.4 Å². The van der Waals surface area contributed by atoms with Crippen LogP contribution in [-0.2, 0) is 20.9 Å². The summed E-state index contributed by atoms with van der Waals surface area (Å²) in [6.45, 7) is 4.90. The quantitative estimate of drug-likeness (QED) is 0.801. The first-order chi connectivity index (χ1) is 12.0. The van der Waals surface area contributed by atoms with Crippen LogP contribution in [0.25, 0.3) is 0 Å². The minimum Gasteiger partial charge on any atom is -0.341 e. The fraction of sp³-hybridized carbons (Fsp3) is 0.556. The van der Waals surface area contributed by atoms with Crippen molar-refractivity contribution in [1.29, 1.82) is 0 Å². The van der Waals surface area contributed by atoms with Gasteiger partial charge in [0.1, 0.15) is 0 Å². The van der Waals surface area contributed by atoms with E-state index in [0.29, 0.717) is 39.3 Å². The molecule has 0 aliphatic carbocycles. The fourth-order valence-electron chi connectivity index (χ4n) is 3.49. The average Bonchev–Trinajstić information content (AvgIpc) is 2.82. The molecule has 0 N–H and O–H groups in total. The predicted octanol–water partition coefficient (Wildman–Crippen LogP) is 0.511. The molecule has 1 aromatic rings. The zero-order valence-electron chi connectivity index (χ0n) is 14.6. The summed E-state index contributed by atoms with van der Waals surface area (Å²) in [6, 6.07) is 5.61. The molecule has 1 atom stereocenters. The van der Waals surface area contributed by atoms with Crippen LogP contribution in [-0.4, -0.2) is 70.1 Å². The van der Waals surface area contributed by atoms with Crippen molar-refractivity contribution in [2.24, 2.45) is 5.92 Å². The van der Waals surface area contributed by atoms with Crippen molar-refractivity contribution in [1.82, 2.24) is 19.7 Å². The molecule has 2 fully saturated rings. The van der Waals surface area contributed by atoms with E-state index in [1.807, 2.05) is 23.1 Å². The second-order valence-electron chi connectivity index (χ2n) is 6.68. The Morgan fingerprint density at radius 1 is 1.16 bits per heavy atom. The summed E-state index contributed by atoms with van der Waals surface area (Å²) in [6.07, 6.45) is 2.75. The second-order valence-corrected chi connectivity index (χ2v) is 6.68. The molecule has 3 heterocycles. The van der Waals surface area contributed by atoms with Crippen molar-refractivity contribution in [2.45, 2.75) is 26.3 Å². The lowest BCUT2D eigenvalue weighted by Crippen LogP contribution is -2.40. The number of rotatable bonds is 3. The predicted molar refractivity (Wildman–Crippen MR) is 91.2 cm³/mol. The van der Waals surface area contributed by atoms with E-state index in [0.717, 1.165) is 12.1 Å². The number of likely N-dealkylation sites (tertiary alicyclic amines) is 1. The molecule has 2 saturated heterocycles. The Kier molecular flexibility index (Phi) is 5.31. The van der Waals surface area contributed by atoms with Gasteiger partial charge in [-0.05, 0) is 18.6 Å². The van der Waals surface area contributed by atoms with E-state index in [2.05, 4.69) is 4.98 Å². The Labute approximate surface area is 147 Å². The van der Waals surface area contributed by atoms with Crippen LogP contribution >= 0.6 is 0 Å². The molecular weight excluding hydrogens is 320 g/mol. The van der Waals surface area contributed by atoms with E-state index in [1.54, 1.807) is 22.9 Å². The summed E-state index contributed by atoms with van der Waals surface area (Å²) in [5, 5.41) is 0. The first-order valence-electron chi connectivity index (χ1n) is 8.76. The van der Waals surface area contributed by atoms with Gasteiger partial charge in [-0.25, -0.2) is 0 Å². The number of pyridine rings is 1. The number of hydrogen-bond donors (Lipinski definition) is 0. The zero-order valence-corrected chi connectivity index (χ0v) is 14.6. The smallest absolute Gasteiger partial charge is 0.228 e. The van der Waals surface area contributed by atoms with E-state index < -0.39 is 0 Å². The van der Waals surface area contributed by atoms with Gasteiger partial charge in [-0.2, -0.15) is 0 Å². The van der Waals surface area contributed by atoms with Crippen LogP contribution in [0.3, 0.4) is 0 Å². The molecule has 1 aromatic heterocycles. The van der Waals surface area contributed by atoms with Crippen LogP contribution in [0.1, 0.15) is 25.5 Å². The molecule has 7 heteroatoms. The SMILES string of the molecule is CC(=O)N1CCCN(C(=O)C2CC(=O)N(Cc3ccccn3)C2)CC1. The molecule has 25 heavy (non-hydrogen) atoms. The third-order valence-electron chi connectivity index (χ3n) is 4.90. The maximum Gasteiger partial charge on any atom is 0.228 e. The minimum absolute atomic E-state index is 0.00388. The van der Waals surface area contributed by atoms with E-state index in [1.165, 1.54) is 0 Å². The Hall–Kier alpha value is -2.44. The average molecular weight is 344 g/mol. The van der Waals surface area contributed by atoms with Crippen LogP contribution in [0.4, 0.5) is 0 Å². The van der Waals surface area contributed by atoms with Crippen molar-refractivity contribution in [2.75, 3.05) is 32.7 Å². The normalized spacial score (nSPS) is 21.4.